The highest BCUT2D eigenvalue weighted by molar-refractivity contribution is 7.91. The van der Waals surface area contributed by atoms with E-state index in [0.29, 0.717) is 29.7 Å². The molecule has 0 spiro atoms. The zero-order valence-corrected chi connectivity index (χ0v) is 17.2. The summed E-state index contributed by atoms with van der Waals surface area (Å²) in [7, 11) is -3.57. The first-order valence-electron chi connectivity index (χ1n) is 8.95. The van der Waals surface area contributed by atoms with E-state index in [4.69, 9.17) is 20.8 Å². The maximum atomic E-state index is 12.6. The Morgan fingerprint density at radius 2 is 2.04 bits per heavy atom. The second-order valence-corrected chi connectivity index (χ2v) is 10.6. The fraction of sp³-hybridized carbons (Fsp3) is 0.562. The zero-order valence-electron chi connectivity index (χ0n) is 14.8. The summed E-state index contributed by atoms with van der Waals surface area (Å²) in [5, 5.41) is 10.4. The van der Waals surface area contributed by atoms with E-state index in [9.17, 15) is 13.2 Å². The molecule has 2 saturated heterocycles. The van der Waals surface area contributed by atoms with Gasteiger partial charge < -0.3 is 9.15 Å². The lowest BCUT2D eigenvalue weighted by Crippen LogP contribution is -2.41. The minimum absolute atomic E-state index is 0.0405. The number of rotatable bonds is 5. The number of carbonyl (C=O) groups is 1. The van der Waals surface area contributed by atoms with Gasteiger partial charge in [0.05, 0.1) is 4.34 Å². The van der Waals surface area contributed by atoms with Crippen LogP contribution in [0.4, 0.5) is 6.01 Å². The molecule has 2 aromatic heterocycles. The van der Waals surface area contributed by atoms with Gasteiger partial charge in [-0.3, -0.25) is 10.1 Å². The van der Waals surface area contributed by atoms with Gasteiger partial charge in [-0.15, -0.1) is 16.4 Å². The first kappa shape index (κ1) is 19.8. The Kier molecular flexibility index (Phi) is 5.70. The summed E-state index contributed by atoms with van der Waals surface area (Å²) < 4.78 is 38.2. The molecule has 0 unspecified atom stereocenters. The highest BCUT2D eigenvalue weighted by Crippen LogP contribution is 2.31. The number of hydrogen-bond acceptors (Lipinski definition) is 8. The van der Waals surface area contributed by atoms with E-state index in [0.717, 1.165) is 24.2 Å². The topological polar surface area (TPSA) is 115 Å². The molecule has 2 aliphatic heterocycles. The molecule has 152 valence electrons. The van der Waals surface area contributed by atoms with E-state index in [2.05, 4.69) is 15.5 Å². The Labute approximate surface area is 171 Å². The van der Waals surface area contributed by atoms with Crippen LogP contribution >= 0.6 is 22.9 Å². The van der Waals surface area contributed by atoms with Crippen LogP contribution in [0.2, 0.25) is 4.34 Å². The third-order valence-corrected chi connectivity index (χ3v) is 8.44. The summed E-state index contributed by atoms with van der Waals surface area (Å²) >= 11 is 6.87. The molecule has 0 bridgehead atoms. The average molecular weight is 447 g/mol. The fourth-order valence-corrected chi connectivity index (χ4v) is 6.42. The zero-order chi connectivity index (χ0) is 19.7. The van der Waals surface area contributed by atoms with Gasteiger partial charge in [0.15, 0.2) is 0 Å². The molecule has 0 aromatic carbocycles. The molecule has 0 aliphatic carbocycles. The Bertz CT molecular complexity index is 946. The van der Waals surface area contributed by atoms with Gasteiger partial charge in [-0.05, 0) is 37.8 Å². The molecule has 0 saturated carbocycles. The Morgan fingerprint density at radius 1 is 1.25 bits per heavy atom. The molecule has 1 amide bonds. The summed E-state index contributed by atoms with van der Waals surface area (Å²) in [6, 6.07) is 3.11. The molecule has 4 rings (SSSR count). The standard InChI is InChI=1S/C16H19ClN4O5S2/c17-12-3-4-13(27-12)28(23,24)21-7-5-10(6-8-21)14(22)18-16-20-19-15(26-16)11-2-1-9-25-11/h3-4,10-11H,1-2,5-9H2,(H,18,20,22)/t11-/m0/s1. The largest absolute Gasteiger partial charge is 0.405 e. The molecule has 1 atom stereocenters. The molecule has 2 aromatic rings. The van der Waals surface area contributed by atoms with Crippen LogP contribution in [-0.2, 0) is 19.6 Å². The van der Waals surface area contributed by atoms with Crippen molar-refractivity contribution in [2.45, 2.75) is 36.0 Å². The molecule has 0 radical (unpaired) electrons. The van der Waals surface area contributed by atoms with Gasteiger partial charge in [0.2, 0.25) is 11.8 Å². The van der Waals surface area contributed by atoms with Crippen LogP contribution in [0.3, 0.4) is 0 Å². The van der Waals surface area contributed by atoms with Gasteiger partial charge in [0.25, 0.3) is 10.0 Å². The fourth-order valence-electron chi connectivity index (χ4n) is 3.32. The van der Waals surface area contributed by atoms with Crippen LogP contribution < -0.4 is 5.32 Å². The third-order valence-electron chi connectivity index (χ3n) is 4.84. The molecule has 2 fully saturated rings. The Hall–Kier alpha value is -1.53. The summed E-state index contributed by atoms with van der Waals surface area (Å²) in [6.07, 6.45) is 2.37. The van der Waals surface area contributed by atoms with Gasteiger partial charge in [-0.2, -0.15) is 4.31 Å². The Morgan fingerprint density at radius 3 is 2.68 bits per heavy atom. The first-order valence-corrected chi connectivity index (χ1v) is 11.6. The monoisotopic (exact) mass is 446 g/mol. The number of thiophene rings is 1. The molecular formula is C16H19ClN4O5S2. The quantitative estimate of drug-likeness (QED) is 0.750. The van der Waals surface area contributed by atoms with E-state index in [-0.39, 0.29) is 41.2 Å². The number of nitrogens with zero attached hydrogens (tertiary/aromatic N) is 3. The van der Waals surface area contributed by atoms with Gasteiger partial charge in [-0.1, -0.05) is 16.7 Å². The lowest BCUT2D eigenvalue weighted by atomic mass is 9.97. The first-order chi connectivity index (χ1) is 13.4. The Balaban J connectivity index is 1.33. The number of ether oxygens (including phenoxy) is 1. The van der Waals surface area contributed by atoms with Crippen molar-refractivity contribution in [2.24, 2.45) is 5.92 Å². The maximum Gasteiger partial charge on any atom is 0.322 e. The second-order valence-electron chi connectivity index (χ2n) is 6.67. The lowest BCUT2D eigenvalue weighted by Gasteiger charge is -2.29. The SMILES string of the molecule is O=C(Nc1nnc([C@@H]2CCCO2)o1)C1CCN(S(=O)(=O)c2ccc(Cl)s2)CC1. The highest BCUT2D eigenvalue weighted by Gasteiger charge is 2.33. The number of amides is 1. The van der Waals surface area contributed by atoms with Gasteiger partial charge in [0, 0.05) is 25.6 Å². The van der Waals surface area contributed by atoms with Crippen molar-refractivity contribution >= 4 is 44.9 Å². The molecule has 12 heteroatoms. The van der Waals surface area contributed by atoms with E-state index in [1.54, 1.807) is 6.07 Å². The summed E-state index contributed by atoms with van der Waals surface area (Å²) in [4.78, 5) is 12.5. The maximum absolute atomic E-state index is 12.6. The molecule has 28 heavy (non-hydrogen) atoms. The molecule has 2 aliphatic rings. The average Bonchev–Trinajstić information content (AvgIpc) is 3.43. The number of sulfonamides is 1. The van der Waals surface area contributed by atoms with E-state index >= 15 is 0 Å². The summed E-state index contributed by atoms with van der Waals surface area (Å²) in [5.74, 6) is -0.210. The number of anilines is 1. The minimum atomic E-state index is -3.57. The number of aromatic nitrogens is 2. The van der Waals surface area contributed by atoms with Crippen molar-refractivity contribution in [1.29, 1.82) is 0 Å². The lowest BCUT2D eigenvalue weighted by molar-refractivity contribution is -0.121. The number of halogens is 1. The number of piperidine rings is 1. The van der Waals surface area contributed by atoms with Crippen molar-refractivity contribution in [1.82, 2.24) is 14.5 Å². The second kappa shape index (κ2) is 8.07. The van der Waals surface area contributed by atoms with E-state index in [1.165, 1.54) is 10.4 Å². The minimum Gasteiger partial charge on any atom is -0.405 e. The van der Waals surface area contributed by atoms with Crippen molar-refractivity contribution < 1.29 is 22.4 Å². The van der Waals surface area contributed by atoms with Crippen LogP contribution in [0.1, 0.15) is 37.7 Å². The van der Waals surface area contributed by atoms with E-state index < -0.39 is 10.0 Å². The van der Waals surface area contributed by atoms with E-state index in [1.807, 2.05) is 0 Å². The van der Waals surface area contributed by atoms with Crippen LogP contribution in [-0.4, -0.2) is 48.5 Å². The molecule has 4 heterocycles. The van der Waals surface area contributed by atoms with Gasteiger partial charge >= 0.3 is 6.01 Å². The highest BCUT2D eigenvalue weighted by atomic mass is 35.5. The third kappa shape index (κ3) is 4.08. The van der Waals surface area contributed by atoms with Gasteiger partial charge in [0.1, 0.15) is 10.3 Å². The normalized spacial score (nSPS) is 21.8. The number of carbonyl (C=O) groups excluding carboxylic acids is 1. The molecule has 9 nitrogen and oxygen atoms in total. The van der Waals surface area contributed by atoms with Crippen molar-refractivity contribution in [3.05, 3.63) is 22.4 Å². The van der Waals surface area contributed by atoms with Crippen LogP contribution in [0, 0.1) is 5.92 Å². The number of nitrogens with one attached hydrogen (secondary N) is 1. The van der Waals surface area contributed by atoms with Crippen molar-refractivity contribution in [2.75, 3.05) is 25.0 Å². The van der Waals surface area contributed by atoms with Crippen LogP contribution in [0.15, 0.2) is 20.8 Å². The van der Waals surface area contributed by atoms with Gasteiger partial charge in [-0.25, -0.2) is 8.42 Å². The summed E-state index contributed by atoms with van der Waals surface area (Å²) in [6.45, 7) is 1.19. The van der Waals surface area contributed by atoms with Crippen molar-refractivity contribution in [3.63, 3.8) is 0 Å². The van der Waals surface area contributed by atoms with Crippen LogP contribution in [0.25, 0.3) is 0 Å². The molecular weight excluding hydrogens is 428 g/mol. The predicted octanol–water partition coefficient (Wildman–Crippen LogP) is 2.68. The van der Waals surface area contributed by atoms with Crippen molar-refractivity contribution in [3.8, 4) is 0 Å². The molecule has 1 N–H and O–H groups in total. The number of hydrogen-bond donors (Lipinski definition) is 1. The smallest absolute Gasteiger partial charge is 0.322 e. The summed E-state index contributed by atoms with van der Waals surface area (Å²) in [5.41, 5.74) is 0. The van der Waals surface area contributed by atoms with Crippen LogP contribution in [0.5, 0.6) is 0 Å². The predicted molar refractivity (Wildman–Crippen MR) is 102 cm³/mol.